The maximum atomic E-state index is 8.88. The van der Waals surface area contributed by atoms with Gasteiger partial charge in [0, 0.05) is 6.54 Å². The highest BCUT2D eigenvalue weighted by Gasteiger charge is 2.20. The van der Waals surface area contributed by atoms with Crippen LogP contribution in [-0.2, 0) is 6.54 Å². The first kappa shape index (κ1) is 14.8. The Balaban J connectivity index is 1.99. The van der Waals surface area contributed by atoms with Crippen molar-refractivity contribution < 1.29 is 0 Å². The fraction of sp³-hybridized carbons (Fsp3) is 0.188. The predicted molar refractivity (Wildman–Crippen MR) is 91.0 cm³/mol. The zero-order chi connectivity index (χ0) is 15.5. The Labute approximate surface area is 138 Å². The number of thiophene rings is 1. The van der Waals surface area contributed by atoms with Gasteiger partial charge in [0.1, 0.15) is 0 Å². The van der Waals surface area contributed by atoms with Gasteiger partial charge in [-0.05, 0) is 36.1 Å². The van der Waals surface area contributed by atoms with Crippen molar-refractivity contribution in [1.29, 1.82) is 5.26 Å². The van der Waals surface area contributed by atoms with Gasteiger partial charge in [-0.25, -0.2) is 0 Å². The molecular formula is C16H14N4S2. The van der Waals surface area contributed by atoms with Crippen molar-refractivity contribution in [3.63, 3.8) is 0 Å². The van der Waals surface area contributed by atoms with E-state index in [1.807, 2.05) is 29.6 Å². The van der Waals surface area contributed by atoms with Crippen LogP contribution in [0.2, 0.25) is 0 Å². The largest absolute Gasteiger partial charge is 0.309 e. The van der Waals surface area contributed by atoms with Crippen LogP contribution < -0.4 is 0 Å². The number of hydrogen-bond donors (Lipinski definition) is 1. The smallest absolute Gasteiger partial charge is 0.174 e. The van der Waals surface area contributed by atoms with Crippen molar-refractivity contribution in [3.05, 3.63) is 58.7 Å². The highest BCUT2D eigenvalue weighted by Crippen LogP contribution is 2.31. The summed E-state index contributed by atoms with van der Waals surface area (Å²) in [5.41, 5.74) is 1.64. The van der Waals surface area contributed by atoms with Crippen LogP contribution in [0.15, 0.2) is 41.8 Å². The van der Waals surface area contributed by atoms with Crippen LogP contribution in [0.25, 0.3) is 10.7 Å². The summed E-state index contributed by atoms with van der Waals surface area (Å²) in [6, 6.07) is 13.6. The third-order valence-electron chi connectivity index (χ3n) is 3.44. The average Bonchev–Trinajstić information content (AvgIpc) is 3.22. The van der Waals surface area contributed by atoms with Gasteiger partial charge < -0.3 is 4.57 Å². The molecule has 1 unspecified atom stereocenters. The number of hydrogen-bond acceptors (Lipinski definition) is 5. The van der Waals surface area contributed by atoms with Crippen LogP contribution in [0.4, 0.5) is 0 Å². The minimum absolute atomic E-state index is 0.172. The first-order valence-electron chi connectivity index (χ1n) is 6.89. The van der Waals surface area contributed by atoms with Gasteiger partial charge in [-0.15, -0.1) is 21.5 Å². The molecule has 1 aromatic carbocycles. The molecule has 0 amide bonds. The second-order valence-electron chi connectivity index (χ2n) is 4.74. The Morgan fingerprint density at radius 3 is 2.64 bits per heavy atom. The molecule has 22 heavy (non-hydrogen) atoms. The summed E-state index contributed by atoms with van der Waals surface area (Å²) in [7, 11) is 0. The fourth-order valence-electron chi connectivity index (χ4n) is 2.31. The van der Waals surface area contributed by atoms with Crippen LogP contribution in [0.1, 0.15) is 29.1 Å². The highest BCUT2D eigenvalue weighted by molar-refractivity contribution is 7.80. The molecule has 0 N–H and O–H groups in total. The van der Waals surface area contributed by atoms with Gasteiger partial charge in [-0.1, -0.05) is 18.2 Å². The van der Waals surface area contributed by atoms with Gasteiger partial charge >= 0.3 is 0 Å². The van der Waals surface area contributed by atoms with Crippen LogP contribution in [0, 0.1) is 11.3 Å². The standard InChI is InChI=1S/C16H14N4S2/c1-2-20-15(13-4-3-9-22-13)18-19-16(20)14(21)12-7-5-11(10-17)6-8-12/h3-9,14,21H,2H2,1H3. The maximum Gasteiger partial charge on any atom is 0.174 e. The lowest BCUT2D eigenvalue weighted by molar-refractivity contribution is 0.716. The molecule has 3 rings (SSSR count). The van der Waals surface area contributed by atoms with Crippen LogP contribution in [-0.4, -0.2) is 14.8 Å². The molecule has 0 radical (unpaired) electrons. The topological polar surface area (TPSA) is 54.5 Å². The lowest BCUT2D eigenvalue weighted by Crippen LogP contribution is -2.06. The van der Waals surface area contributed by atoms with E-state index in [1.165, 1.54) is 0 Å². The number of aromatic nitrogens is 3. The fourth-order valence-corrected chi connectivity index (χ4v) is 3.39. The Hall–Kier alpha value is -2.10. The second-order valence-corrected chi connectivity index (χ2v) is 6.20. The van der Waals surface area contributed by atoms with Crippen molar-refractivity contribution >= 4 is 24.0 Å². The maximum absolute atomic E-state index is 8.88. The van der Waals surface area contributed by atoms with E-state index in [0.717, 1.165) is 28.6 Å². The lowest BCUT2D eigenvalue weighted by Gasteiger charge is -2.13. The molecule has 0 aliphatic rings. The number of rotatable bonds is 4. The monoisotopic (exact) mass is 326 g/mol. The van der Waals surface area contributed by atoms with E-state index in [4.69, 9.17) is 17.9 Å². The Bertz CT molecular complexity index is 798. The zero-order valence-electron chi connectivity index (χ0n) is 12.0. The van der Waals surface area contributed by atoms with E-state index in [9.17, 15) is 0 Å². The van der Waals surface area contributed by atoms with Gasteiger partial charge in [0.15, 0.2) is 11.6 Å². The lowest BCUT2D eigenvalue weighted by atomic mass is 10.1. The summed E-state index contributed by atoms with van der Waals surface area (Å²) in [5, 5.41) is 19.4. The van der Waals surface area contributed by atoms with Gasteiger partial charge in [0.2, 0.25) is 0 Å². The Kier molecular flexibility index (Phi) is 4.27. The third kappa shape index (κ3) is 2.65. The molecule has 0 bridgehead atoms. The zero-order valence-corrected chi connectivity index (χ0v) is 13.7. The number of nitrogens with zero attached hydrogens (tertiary/aromatic N) is 4. The quantitative estimate of drug-likeness (QED) is 0.739. The highest BCUT2D eigenvalue weighted by atomic mass is 32.1. The minimum atomic E-state index is -0.172. The van der Waals surface area contributed by atoms with Gasteiger partial charge in [0.25, 0.3) is 0 Å². The Morgan fingerprint density at radius 1 is 1.27 bits per heavy atom. The van der Waals surface area contributed by atoms with Crippen LogP contribution in [0.5, 0.6) is 0 Å². The molecule has 1 atom stereocenters. The van der Waals surface area contributed by atoms with E-state index in [0.29, 0.717) is 5.56 Å². The first-order valence-corrected chi connectivity index (χ1v) is 8.29. The van der Waals surface area contributed by atoms with Crippen molar-refractivity contribution in [2.75, 3.05) is 0 Å². The van der Waals surface area contributed by atoms with Crippen LogP contribution >= 0.6 is 24.0 Å². The molecule has 0 saturated heterocycles. The van der Waals surface area contributed by atoms with E-state index in [2.05, 4.69) is 27.8 Å². The molecule has 0 spiro atoms. The van der Waals surface area contributed by atoms with E-state index < -0.39 is 0 Å². The summed E-state index contributed by atoms with van der Waals surface area (Å²) in [5.74, 6) is 1.69. The minimum Gasteiger partial charge on any atom is -0.309 e. The van der Waals surface area contributed by atoms with Gasteiger partial charge in [0.05, 0.1) is 21.8 Å². The molecule has 0 saturated carbocycles. The molecular weight excluding hydrogens is 312 g/mol. The van der Waals surface area contributed by atoms with Crippen molar-refractivity contribution in [3.8, 4) is 16.8 Å². The Morgan fingerprint density at radius 2 is 2.05 bits per heavy atom. The predicted octanol–water partition coefficient (Wildman–Crippen LogP) is 3.92. The molecule has 3 aromatic rings. The number of benzene rings is 1. The molecule has 2 heterocycles. The van der Waals surface area contributed by atoms with E-state index >= 15 is 0 Å². The summed E-state index contributed by atoms with van der Waals surface area (Å²) >= 11 is 6.35. The third-order valence-corrected chi connectivity index (χ3v) is 4.83. The van der Waals surface area contributed by atoms with Crippen molar-refractivity contribution in [2.24, 2.45) is 0 Å². The molecule has 110 valence electrons. The van der Waals surface area contributed by atoms with Crippen molar-refractivity contribution in [2.45, 2.75) is 18.7 Å². The molecule has 0 aliphatic heterocycles. The molecule has 4 nitrogen and oxygen atoms in total. The summed E-state index contributed by atoms with van der Waals surface area (Å²) in [4.78, 5) is 1.10. The first-order chi connectivity index (χ1) is 10.7. The molecule has 6 heteroatoms. The van der Waals surface area contributed by atoms with E-state index in [-0.39, 0.29) is 5.25 Å². The van der Waals surface area contributed by atoms with Gasteiger partial charge in [-0.2, -0.15) is 17.9 Å². The van der Waals surface area contributed by atoms with Crippen LogP contribution in [0.3, 0.4) is 0 Å². The summed E-state index contributed by atoms with van der Waals surface area (Å²) in [6.07, 6.45) is 0. The average molecular weight is 326 g/mol. The summed E-state index contributed by atoms with van der Waals surface area (Å²) < 4.78 is 2.09. The van der Waals surface area contributed by atoms with Crippen molar-refractivity contribution in [1.82, 2.24) is 14.8 Å². The number of thiol groups is 1. The molecule has 0 aliphatic carbocycles. The molecule has 2 aromatic heterocycles. The normalized spacial score (nSPS) is 12.0. The SMILES string of the molecule is CCn1c(-c2cccs2)nnc1C(S)c1ccc(C#N)cc1. The molecule has 0 fully saturated rings. The van der Waals surface area contributed by atoms with E-state index in [1.54, 1.807) is 23.5 Å². The second kappa shape index (κ2) is 6.34. The number of nitriles is 1. The summed E-state index contributed by atoms with van der Waals surface area (Å²) in [6.45, 7) is 2.85. The van der Waals surface area contributed by atoms with Gasteiger partial charge in [-0.3, -0.25) is 0 Å².